The van der Waals surface area contributed by atoms with E-state index in [0.717, 1.165) is 35.7 Å². The molecule has 0 radical (unpaired) electrons. The van der Waals surface area contributed by atoms with E-state index in [1.807, 2.05) is 24.3 Å². The van der Waals surface area contributed by atoms with Crippen molar-refractivity contribution in [3.63, 3.8) is 0 Å². The standard InChI is InChI=1S/C17H15ClN4O/c18-13(16-21-14-5-1-2-6-15(14)23-16)9-12-10-19-17(20-11-12)22-7-3-4-8-22/h1-2,5-6,9-11H,3-4,7-8H2/b13-9+. The number of anilines is 1. The number of hydrogen-bond acceptors (Lipinski definition) is 5. The van der Waals surface area contributed by atoms with E-state index >= 15 is 0 Å². The number of nitrogens with zero attached hydrogens (tertiary/aromatic N) is 4. The zero-order chi connectivity index (χ0) is 15.6. The van der Waals surface area contributed by atoms with E-state index in [9.17, 15) is 0 Å². The highest BCUT2D eigenvalue weighted by Gasteiger charge is 2.14. The minimum absolute atomic E-state index is 0.400. The molecule has 0 bridgehead atoms. The van der Waals surface area contributed by atoms with E-state index in [1.54, 1.807) is 18.5 Å². The summed E-state index contributed by atoms with van der Waals surface area (Å²) in [5.74, 6) is 1.18. The van der Waals surface area contributed by atoms with Gasteiger partial charge in [-0.1, -0.05) is 23.7 Å². The first-order valence-electron chi connectivity index (χ1n) is 7.60. The monoisotopic (exact) mass is 326 g/mol. The molecule has 5 nitrogen and oxygen atoms in total. The Labute approximate surface area is 138 Å². The zero-order valence-electron chi connectivity index (χ0n) is 12.4. The van der Waals surface area contributed by atoms with Crippen molar-refractivity contribution in [3.8, 4) is 0 Å². The van der Waals surface area contributed by atoms with Crippen molar-refractivity contribution in [2.24, 2.45) is 0 Å². The summed E-state index contributed by atoms with van der Waals surface area (Å²) in [6.07, 6.45) is 7.71. The van der Waals surface area contributed by atoms with Crippen LogP contribution in [0.1, 0.15) is 24.3 Å². The van der Waals surface area contributed by atoms with E-state index in [4.69, 9.17) is 16.0 Å². The van der Waals surface area contributed by atoms with Crippen LogP contribution in [0.3, 0.4) is 0 Å². The van der Waals surface area contributed by atoms with E-state index < -0.39 is 0 Å². The normalized spacial score (nSPS) is 15.5. The van der Waals surface area contributed by atoms with Gasteiger partial charge in [0.15, 0.2) is 5.58 Å². The third kappa shape index (κ3) is 2.92. The molecule has 116 valence electrons. The molecule has 6 heteroatoms. The molecule has 0 N–H and O–H groups in total. The molecule has 1 aromatic carbocycles. The van der Waals surface area contributed by atoms with Crippen LogP contribution in [-0.4, -0.2) is 28.0 Å². The first kappa shape index (κ1) is 14.2. The smallest absolute Gasteiger partial charge is 0.238 e. The lowest BCUT2D eigenvalue weighted by molar-refractivity contribution is 0.588. The highest BCUT2D eigenvalue weighted by atomic mass is 35.5. The number of oxazole rings is 1. The van der Waals surface area contributed by atoms with Gasteiger partial charge in [0.2, 0.25) is 11.8 Å². The van der Waals surface area contributed by atoms with Gasteiger partial charge in [-0.2, -0.15) is 0 Å². The van der Waals surface area contributed by atoms with Gasteiger partial charge < -0.3 is 9.32 Å². The summed E-state index contributed by atoms with van der Waals surface area (Å²) >= 11 is 6.32. The van der Waals surface area contributed by atoms with Gasteiger partial charge in [-0.3, -0.25) is 0 Å². The second-order valence-electron chi connectivity index (χ2n) is 5.49. The number of fused-ring (bicyclic) bond motifs is 1. The molecule has 3 heterocycles. The molecular formula is C17H15ClN4O. The molecule has 0 saturated carbocycles. The third-order valence-corrected chi connectivity index (χ3v) is 4.11. The van der Waals surface area contributed by atoms with Gasteiger partial charge in [-0.05, 0) is 31.1 Å². The number of aromatic nitrogens is 3. The Morgan fingerprint density at radius 2 is 1.87 bits per heavy atom. The topological polar surface area (TPSA) is 55.1 Å². The molecule has 23 heavy (non-hydrogen) atoms. The molecule has 1 fully saturated rings. The zero-order valence-corrected chi connectivity index (χ0v) is 13.2. The quantitative estimate of drug-likeness (QED) is 0.729. The lowest BCUT2D eigenvalue weighted by Gasteiger charge is -2.14. The van der Waals surface area contributed by atoms with Crippen LogP contribution in [0.5, 0.6) is 0 Å². The average Bonchev–Trinajstić information content (AvgIpc) is 3.25. The summed E-state index contributed by atoms with van der Waals surface area (Å²) in [6.45, 7) is 2.05. The molecule has 0 atom stereocenters. The highest BCUT2D eigenvalue weighted by molar-refractivity contribution is 6.50. The van der Waals surface area contributed by atoms with Crippen LogP contribution >= 0.6 is 11.6 Å². The van der Waals surface area contributed by atoms with Crippen LogP contribution in [-0.2, 0) is 0 Å². The molecule has 1 aliphatic heterocycles. The minimum atomic E-state index is 0.400. The van der Waals surface area contributed by atoms with E-state index in [0.29, 0.717) is 10.9 Å². The Balaban J connectivity index is 1.58. The molecule has 1 saturated heterocycles. The van der Waals surface area contributed by atoms with Crippen molar-refractivity contribution in [1.29, 1.82) is 0 Å². The molecule has 2 aromatic heterocycles. The number of rotatable bonds is 3. The average molecular weight is 327 g/mol. The number of benzene rings is 1. The summed E-state index contributed by atoms with van der Waals surface area (Å²) in [4.78, 5) is 15.4. The lowest BCUT2D eigenvalue weighted by Crippen LogP contribution is -2.20. The lowest BCUT2D eigenvalue weighted by atomic mass is 10.3. The van der Waals surface area contributed by atoms with Crippen LogP contribution in [0.25, 0.3) is 22.2 Å². The number of para-hydroxylation sites is 2. The SMILES string of the molecule is Cl/C(=C/c1cnc(N2CCCC2)nc1)c1nc2ccccc2o1. The predicted octanol–water partition coefficient (Wildman–Crippen LogP) is 3.95. The Kier molecular flexibility index (Phi) is 3.71. The van der Waals surface area contributed by atoms with Crippen LogP contribution < -0.4 is 4.90 Å². The fraction of sp³-hybridized carbons (Fsp3) is 0.235. The van der Waals surface area contributed by atoms with Gasteiger partial charge in [0, 0.05) is 31.0 Å². The number of hydrogen-bond donors (Lipinski definition) is 0. The van der Waals surface area contributed by atoms with E-state index in [1.165, 1.54) is 12.8 Å². The molecule has 0 spiro atoms. The Morgan fingerprint density at radius 1 is 1.13 bits per heavy atom. The summed E-state index contributed by atoms with van der Waals surface area (Å²) in [5, 5.41) is 0.429. The van der Waals surface area contributed by atoms with Crippen molar-refractivity contribution in [2.75, 3.05) is 18.0 Å². The van der Waals surface area contributed by atoms with Gasteiger partial charge in [0.1, 0.15) is 10.5 Å². The van der Waals surface area contributed by atoms with Gasteiger partial charge in [-0.15, -0.1) is 0 Å². The summed E-state index contributed by atoms with van der Waals surface area (Å²) in [7, 11) is 0. The van der Waals surface area contributed by atoms with Gasteiger partial charge in [0.05, 0.1) is 0 Å². The Hall–Kier alpha value is -2.40. The van der Waals surface area contributed by atoms with Gasteiger partial charge in [-0.25, -0.2) is 15.0 Å². The molecule has 0 amide bonds. The van der Waals surface area contributed by atoms with Gasteiger partial charge >= 0.3 is 0 Å². The maximum absolute atomic E-state index is 6.32. The van der Waals surface area contributed by atoms with Crippen LogP contribution in [0.2, 0.25) is 0 Å². The van der Waals surface area contributed by atoms with Crippen LogP contribution in [0.15, 0.2) is 41.1 Å². The predicted molar refractivity (Wildman–Crippen MR) is 91.2 cm³/mol. The molecular weight excluding hydrogens is 312 g/mol. The second kappa shape index (κ2) is 6.01. The maximum atomic E-state index is 6.32. The molecule has 0 unspecified atom stereocenters. The largest absolute Gasteiger partial charge is 0.435 e. The first-order chi connectivity index (χ1) is 11.3. The highest BCUT2D eigenvalue weighted by Crippen LogP contribution is 2.25. The molecule has 3 aromatic rings. The van der Waals surface area contributed by atoms with Crippen molar-refractivity contribution in [3.05, 3.63) is 48.1 Å². The van der Waals surface area contributed by atoms with E-state index in [-0.39, 0.29) is 0 Å². The fourth-order valence-corrected chi connectivity index (χ4v) is 2.88. The van der Waals surface area contributed by atoms with Crippen LogP contribution in [0.4, 0.5) is 5.95 Å². The summed E-state index contributed by atoms with van der Waals surface area (Å²) < 4.78 is 5.65. The maximum Gasteiger partial charge on any atom is 0.238 e. The Bertz CT molecular complexity index is 817. The minimum Gasteiger partial charge on any atom is -0.435 e. The van der Waals surface area contributed by atoms with Crippen molar-refractivity contribution >= 4 is 39.8 Å². The summed E-state index contributed by atoms with van der Waals surface area (Å²) in [6, 6.07) is 7.57. The summed E-state index contributed by atoms with van der Waals surface area (Å²) in [5.41, 5.74) is 2.32. The van der Waals surface area contributed by atoms with Crippen molar-refractivity contribution in [2.45, 2.75) is 12.8 Å². The molecule has 4 rings (SSSR count). The van der Waals surface area contributed by atoms with E-state index in [2.05, 4.69) is 19.9 Å². The second-order valence-corrected chi connectivity index (χ2v) is 5.90. The Morgan fingerprint density at radius 3 is 2.61 bits per heavy atom. The van der Waals surface area contributed by atoms with Crippen molar-refractivity contribution < 1.29 is 4.42 Å². The van der Waals surface area contributed by atoms with Crippen LogP contribution in [0, 0.1) is 0 Å². The molecule has 0 aliphatic carbocycles. The first-order valence-corrected chi connectivity index (χ1v) is 7.97. The molecule has 1 aliphatic rings. The number of halogens is 1. The van der Waals surface area contributed by atoms with Gasteiger partial charge in [0.25, 0.3) is 0 Å². The van der Waals surface area contributed by atoms with Crippen molar-refractivity contribution in [1.82, 2.24) is 15.0 Å². The fourth-order valence-electron chi connectivity index (χ4n) is 2.67. The third-order valence-electron chi connectivity index (χ3n) is 3.84.